The van der Waals surface area contributed by atoms with Crippen LogP contribution < -0.4 is 10.1 Å². The van der Waals surface area contributed by atoms with Crippen molar-refractivity contribution in [3.05, 3.63) is 29.3 Å². The number of benzene rings is 1. The van der Waals surface area contributed by atoms with Gasteiger partial charge in [-0.2, -0.15) is 5.26 Å². The minimum Gasteiger partial charge on any atom is -0.495 e. The molecule has 3 heteroatoms. The van der Waals surface area contributed by atoms with Crippen LogP contribution in [0, 0.1) is 16.7 Å². The van der Waals surface area contributed by atoms with Gasteiger partial charge in [-0.1, -0.05) is 26.8 Å². The molecule has 0 bridgehead atoms. The molecular weight excluding hydrogens is 224 g/mol. The van der Waals surface area contributed by atoms with E-state index in [-0.39, 0.29) is 0 Å². The molecule has 0 heterocycles. The first-order chi connectivity index (χ1) is 8.52. The van der Waals surface area contributed by atoms with Crippen molar-refractivity contribution in [1.29, 1.82) is 5.26 Å². The molecule has 0 saturated heterocycles. The van der Waals surface area contributed by atoms with Crippen LogP contribution in [-0.4, -0.2) is 13.7 Å². The highest BCUT2D eigenvalue weighted by atomic mass is 16.5. The maximum Gasteiger partial charge on any atom is 0.136 e. The molecule has 0 aliphatic rings. The second-order valence-electron chi connectivity index (χ2n) is 5.27. The van der Waals surface area contributed by atoms with Crippen molar-refractivity contribution in [2.75, 3.05) is 13.7 Å². The first-order valence-electron chi connectivity index (χ1n) is 6.30. The van der Waals surface area contributed by atoms with Crippen LogP contribution in [0.4, 0.5) is 0 Å². The first-order valence-corrected chi connectivity index (χ1v) is 6.30. The summed E-state index contributed by atoms with van der Waals surface area (Å²) >= 11 is 0. The molecule has 0 saturated carbocycles. The van der Waals surface area contributed by atoms with Crippen LogP contribution in [0.15, 0.2) is 18.2 Å². The number of nitrogens with one attached hydrogen (secondary N) is 1. The number of ether oxygens (including phenoxy) is 1. The van der Waals surface area contributed by atoms with E-state index in [0.29, 0.717) is 16.7 Å². The third kappa shape index (κ3) is 4.05. The molecule has 0 atom stereocenters. The maximum atomic E-state index is 9.02. The summed E-state index contributed by atoms with van der Waals surface area (Å²) in [5, 5.41) is 12.4. The van der Waals surface area contributed by atoms with Crippen LogP contribution >= 0.6 is 0 Å². The third-order valence-electron chi connectivity index (χ3n) is 3.27. The van der Waals surface area contributed by atoms with Crippen LogP contribution in [0.1, 0.15) is 38.3 Å². The topological polar surface area (TPSA) is 45.0 Å². The van der Waals surface area contributed by atoms with E-state index in [2.05, 4.69) is 32.2 Å². The maximum absolute atomic E-state index is 9.02. The minimum absolute atomic E-state index is 0.310. The Kier molecular flexibility index (Phi) is 5.18. The summed E-state index contributed by atoms with van der Waals surface area (Å²) in [5.41, 5.74) is 2.01. The highest BCUT2D eigenvalue weighted by molar-refractivity contribution is 5.45. The van der Waals surface area contributed by atoms with Crippen LogP contribution in [-0.2, 0) is 6.54 Å². The number of rotatable bonds is 6. The molecule has 18 heavy (non-hydrogen) atoms. The molecule has 0 aliphatic carbocycles. The van der Waals surface area contributed by atoms with E-state index >= 15 is 0 Å². The number of nitrogens with zero attached hydrogens (tertiary/aromatic N) is 1. The zero-order chi connectivity index (χ0) is 13.6. The first kappa shape index (κ1) is 14.5. The average Bonchev–Trinajstić information content (AvgIpc) is 2.38. The Bertz CT molecular complexity index is 433. The lowest BCUT2D eigenvalue weighted by Gasteiger charge is -2.23. The fourth-order valence-electron chi connectivity index (χ4n) is 1.62. The van der Waals surface area contributed by atoms with Gasteiger partial charge >= 0.3 is 0 Å². The van der Waals surface area contributed by atoms with Gasteiger partial charge in [0.25, 0.3) is 0 Å². The van der Waals surface area contributed by atoms with Crippen molar-refractivity contribution in [3.8, 4) is 11.8 Å². The van der Waals surface area contributed by atoms with Gasteiger partial charge in [0, 0.05) is 13.1 Å². The second-order valence-corrected chi connectivity index (χ2v) is 5.27. The van der Waals surface area contributed by atoms with Crippen LogP contribution in [0.5, 0.6) is 5.75 Å². The van der Waals surface area contributed by atoms with Crippen molar-refractivity contribution in [1.82, 2.24) is 5.32 Å². The molecule has 0 aromatic heterocycles. The molecule has 98 valence electrons. The van der Waals surface area contributed by atoms with Crippen molar-refractivity contribution in [2.24, 2.45) is 5.41 Å². The lowest BCUT2D eigenvalue weighted by Crippen LogP contribution is -2.28. The summed E-state index contributed by atoms with van der Waals surface area (Å²) in [7, 11) is 1.58. The van der Waals surface area contributed by atoms with Crippen LogP contribution in [0.25, 0.3) is 0 Å². The zero-order valence-corrected chi connectivity index (χ0v) is 11.7. The van der Waals surface area contributed by atoms with Crippen LogP contribution in [0.2, 0.25) is 0 Å². The third-order valence-corrected chi connectivity index (χ3v) is 3.27. The standard InChI is InChI=1S/C15H22N2O/c1-5-15(2,3)11-17-10-12-6-7-14(18-4)13(8-12)9-16/h6-8,17H,5,10-11H2,1-4H3. The summed E-state index contributed by atoms with van der Waals surface area (Å²) in [6.07, 6.45) is 1.14. The molecule has 0 fully saturated rings. The largest absolute Gasteiger partial charge is 0.495 e. The van der Waals surface area contributed by atoms with Gasteiger partial charge in [0.15, 0.2) is 0 Å². The molecule has 1 rings (SSSR count). The SMILES string of the molecule is CCC(C)(C)CNCc1ccc(OC)c(C#N)c1. The summed E-state index contributed by atoms with van der Waals surface area (Å²) in [4.78, 5) is 0. The van der Waals surface area contributed by atoms with Crippen LogP contribution in [0.3, 0.4) is 0 Å². The zero-order valence-electron chi connectivity index (χ0n) is 11.7. The van der Waals surface area contributed by atoms with E-state index in [9.17, 15) is 0 Å². The summed E-state index contributed by atoms with van der Waals surface area (Å²) in [6.45, 7) is 8.44. The molecule has 1 aromatic carbocycles. The molecule has 3 nitrogen and oxygen atoms in total. The smallest absolute Gasteiger partial charge is 0.136 e. The number of hydrogen-bond donors (Lipinski definition) is 1. The van der Waals surface area contributed by atoms with E-state index < -0.39 is 0 Å². The van der Waals surface area contributed by atoms with Gasteiger partial charge in [-0.25, -0.2) is 0 Å². The molecule has 0 spiro atoms. The predicted octanol–water partition coefficient (Wildman–Crippen LogP) is 3.09. The van der Waals surface area contributed by atoms with Crippen molar-refractivity contribution >= 4 is 0 Å². The Morgan fingerprint density at radius 3 is 2.67 bits per heavy atom. The molecule has 0 amide bonds. The molecule has 0 unspecified atom stereocenters. The number of methoxy groups -OCH3 is 1. The fraction of sp³-hybridized carbons (Fsp3) is 0.533. The summed E-state index contributed by atoms with van der Waals surface area (Å²) in [6, 6.07) is 7.87. The predicted molar refractivity (Wildman–Crippen MR) is 73.5 cm³/mol. The lowest BCUT2D eigenvalue weighted by molar-refractivity contribution is 0.327. The Labute approximate surface area is 110 Å². The van der Waals surface area contributed by atoms with E-state index in [1.54, 1.807) is 7.11 Å². The normalized spacial score (nSPS) is 11.1. The monoisotopic (exact) mass is 246 g/mol. The molecule has 0 radical (unpaired) electrons. The average molecular weight is 246 g/mol. The fourth-order valence-corrected chi connectivity index (χ4v) is 1.62. The highest BCUT2D eigenvalue weighted by Crippen LogP contribution is 2.20. The Morgan fingerprint density at radius 1 is 1.39 bits per heavy atom. The van der Waals surface area contributed by atoms with E-state index in [1.807, 2.05) is 18.2 Å². The van der Waals surface area contributed by atoms with Crippen molar-refractivity contribution in [3.63, 3.8) is 0 Å². The molecule has 0 aliphatic heterocycles. The molecule has 1 N–H and O–H groups in total. The van der Waals surface area contributed by atoms with Gasteiger partial charge in [-0.15, -0.1) is 0 Å². The van der Waals surface area contributed by atoms with E-state index in [0.717, 1.165) is 25.1 Å². The molecular formula is C15H22N2O. The highest BCUT2D eigenvalue weighted by Gasteiger charge is 2.14. The Hall–Kier alpha value is -1.53. The number of nitriles is 1. The van der Waals surface area contributed by atoms with Gasteiger partial charge in [-0.05, 0) is 29.5 Å². The van der Waals surface area contributed by atoms with E-state index in [1.165, 1.54) is 0 Å². The minimum atomic E-state index is 0.310. The van der Waals surface area contributed by atoms with Crippen molar-refractivity contribution < 1.29 is 4.74 Å². The van der Waals surface area contributed by atoms with Gasteiger partial charge in [-0.3, -0.25) is 0 Å². The van der Waals surface area contributed by atoms with Gasteiger partial charge in [0.1, 0.15) is 11.8 Å². The molecule has 1 aromatic rings. The van der Waals surface area contributed by atoms with Crippen molar-refractivity contribution in [2.45, 2.75) is 33.7 Å². The Balaban J connectivity index is 2.62. The number of hydrogen-bond acceptors (Lipinski definition) is 3. The van der Waals surface area contributed by atoms with Gasteiger partial charge in [0.2, 0.25) is 0 Å². The Morgan fingerprint density at radius 2 is 2.11 bits per heavy atom. The lowest BCUT2D eigenvalue weighted by atomic mass is 9.90. The van der Waals surface area contributed by atoms with Gasteiger partial charge < -0.3 is 10.1 Å². The quantitative estimate of drug-likeness (QED) is 0.839. The van der Waals surface area contributed by atoms with E-state index in [4.69, 9.17) is 10.00 Å². The summed E-state index contributed by atoms with van der Waals surface area (Å²) in [5.74, 6) is 0.634. The van der Waals surface area contributed by atoms with Gasteiger partial charge in [0.05, 0.1) is 12.7 Å². The summed E-state index contributed by atoms with van der Waals surface area (Å²) < 4.78 is 5.12. The second kappa shape index (κ2) is 6.42.